The molecule has 0 aliphatic heterocycles. The van der Waals surface area contributed by atoms with Gasteiger partial charge in [-0.05, 0) is 37.0 Å². The van der Waals surface area contributed by atoms with Gasteiger partial charge in [-0.25, -0.2) is 4.79 Å². The van der Waals surface area contributed by atoms with Crippen LogP contribution >= 0.6 is 0 Å². The van der Waals surface area contributed by atoms with Crippen LogP contribution < -0.4 is 0 Å². The zero-order chi connectivity index (χ0) is 16.0. The summed E-state index contributed by atoms with van der Waals surface area (Å²) >= 11 is 0. The van der Waals surface area contributed by atoms with Crippen molar-refractivity contribution in [3.63, 3.8) is 0 Å². The summed E-state index contributed by atoms with van der Waals surface area (Å²) in [6, 6.07) is 0. The van der Waals surface area contributed by atoms with E-state index in [-0.39, 0.29) is 11.8 Å². The maximum Gasteiger partial charge on any atom is 0.333 e. The van der Waals surface area contributed by atoms with E-state index in [1.165, 1.54) is 19.8 Å². The lowest BCUT2D eigenvalue weighted by atomic mass is 9.65. The Bertz CT molecular complexity index is 446. The molecule has 1 saturated carbocycles. The Hall–Kier alpha value is -1.58. The molecular weight excluding hydrogens is 268 g/mol. The van der Waals surface area contributed by atoms with Crippen molar-refractivity contribution in [1.29, 1.82) is 0 Å². The molecule has 0 unspecified atom stereocenters. The van der Waals surface area contributed by atoms with E-state index >= 15 is 0 Å². The van der Waals surface area contributed by atoms with Gasteiger partial charge in [0.2, 0.25) is 0 Å². The largest absolute Gasteiger partial charge is 0.469 e. The molecule has 21 heavy (non-hydrogen) atoms. The molecule has 1 aliphatic rings. The lowest BCUT2D eigenvalue weighted by Crippen LogP contribution is -2.29. The quantitative estimate of drug-likeness (QED) is 0.443. The highest BCUT2D eigenvalue weighted by Crippen LogP contribution is 2.45. The zero-order valence-electron chi connectivity index (χ0n) is 13.5. The molecule has 1 rings (SSSR count). The molecule has 4 nitrogen and oxygen atoms in total. The second kappa shape index (κ2) is 7.43. The molecule has 0 aromatic rings. The number of hydrogen-bond acceptors (Lipinski definition) is 4. The van der Waals surface area contributed by atoms with Crippen LogP contribution in [0.4, 0.5) is 0 Å². The molecule has 0 bridgehead atoms. The van der Waals surface area contributed by atoms with Gasteiger partial charge in [0.15, 0.2) is 0 Å². The molecular formula is C17H26O4. The minimum absolute atomic E-state index is 0.0528. The van der Waals surface area contributed by atoms with Gasteiger partial charge >= 0.3 is 11.9 Å². The number of methoxy groups -OCH3 is 2. The predicted molar refractivity (Wildman–Crippen MR) is 81.6 cm³/mol. The summed E-state index contributed by atoms with van der Waals surface area (Å²) in [5.41, 5.74) is 1.75. The van der Waals surface area contributed by atoms with Crippen LogP contribution in [0.25, 0.3) is 0 Å². The van der Waals surface area contributed by atoms with Crippen molar-refractivity contribution in [3.05, 3.63) is 23.8 Å². The molecule has 0 spiro atoms. The molecule has 0 radical (unpaired) electrons. The maximum atomic E-state index is 11.8. The smallest absolute Gasteiger partial charge is 0.333 e. The summed E-state index contributed by atoms with van der Waals surface area (Å²) < 4.78 is 9.36. The van der Waals surface area contributed by atoms with Crippen LogP contribution in [0.3, 0.4) is 0 Å². The summed E-state index contributed by atoms with van der Waals surface area (Å²) in [7, 11) is 2.63. The molecule has 0 amide bonds. The number of esters is 2. The first-order valence-electron chi connectivity index (χ1n) is 7.33. The summed E-state index contributed by atoms with van der Waals surface area (Å²) in [5, 5.41) is 0. The fraction of sp³-hybridized carbons (Fsp3) is 0.647. The lowest BCUT2D eigenvalue weighted by molar-refractivity contribution is -0.143. The van der Waals surface area contributed by atoms with Gasteiger partial charge in [0.1, 0.15) is 0 Å². The van der Waals surface area contributed by atoms with Crippen molar-refractivity contribution in [2.24, 2.45) is 11.3 Å². The fourth-order valence-electron chi connectivity index (χ4n) is 3.00. The first-order valence-corrected chi connectivity index (χ1v) is 7.33. The molecule has 0 aromatic heterocycles. The second-order valence-electron chi connectivity index (χ2n) is 6.26. The number of carbonyl (C=O) groups is 2. The van der Waals surface area contributed by atoms with Crippen molar-refractivity contribution < 1.29 is 19.1 Å². The van der Waals surface area contributed by atoms with Crippen molar-refractivity contribution in [2.75, 3.05) is 14.2 Å². The minimum Gasteiger partial charge on any atom is -0.469 e. The molecule has 1 aliphatic carbocycles. The van der Waals surface area contributed by atoms with Gasteiger partial charge in [-0.15, -0.1) is 0 Å². The molecule has 0 N–H and O–H groups in total. The number of carbonyl (C=O) groups excluding carboxylic acids is 2. The van der Waals surface area contributed by atoms with Crippen LogP contribution in [-0.4, -0.2) is 26.2 Å². The van der Waals surface area contributed by atoms with Crippen LogP contribution in [0, 0.1) is 11.3 Å². The highest BCUT2D eigenvalue weighted by molar-refractivity contribution is 5.93. The maximum absolute atomic E-state index is 11.8. The van der Waals surface area contributed by atoms with Gasteiger partial charge in [0.05, 0.1) is 20.6 Å². The van der Waals surface area contributed by atoms with E-state index in [0.717, 1.165) is 19.3 Å². The second-order valence-corrected chi connectivity index (χ2v) is 6.26. The zero-order valence-corrected chi connectivity index (χ0v) is 13.5. The van der Waals surface area contributed by atoms with Crippen LogP contribution in [0.2, 0.25) is 0 Å². The van der Waals surface area contributed by atoms with Crippen molar-refractivity contribution in [2.45, 2.75) is 46.0 Å². The van der Waals surface area contributed by atoms with Gasteiger partial charge < -0.3 is 9.47 Å². The average molecular weight is 294 g/mol. The first-order chi connectivity index (χ1) is 9.81. The Labute approximate surface area is 127 Å². The van der Waals surface area contributed by atoms with Gasteiger partial charge in [0.25, 0.3) is 0 Å². The van der Waals surface area contributed by atoms with Gasteiger partial charge in [-0.1, -0.05) is 32.1 Å². The Balaban J connectivity index is 2.87. The third kappa shape index (κ3) is 4.73. The Morgan fingerprint density at radius 3 is 2.52 bits per heavy atom. The third-order valence-electron chi connectivity index (χ3n) is 4.37. The monoisotopic (exact) mass is 294 g/mol. The normalized spacial score (nSPS) is 21.8. The molecule has 0 heterocycles. The molecule has 0 aromatic carbocycles. The third-order valence-corrected chi connectivity index (χ3v) is 4.37. The molecule has 1 atom stereocenters. The highest BCUT2D eigenvalue weighted by Gasteiger charge is 2.33. The SMILES string of the molecule is C=C1CCCC(C)(C)[C@H]1C/C=C(\CC(=O)OC)C(=O)OC. The van der Waals surface area contributed by atoms with E-state index in [2.05, 4.69) is 25.2 Å². The predicted octanol–water partition coefficient (Wildman–Crippen LogP) is 3.42. The molecule has 0 saturated heterocycles. The van der Waals surface area contributed by atoms with Crippen LogP contribution in [0.5, 0.6) is 0 Å². The molecule has 1 fully saturated rings. The fourth-order valence-corrected chi connectivity index (χ4v) is 3.00. The van der Waals surface area contributed by atoms with Crippen molar-refractivity contribution in [1.82, 2.24) is 0 Å². The van der Waals surface area contributed by atoms with E-state index in [4.69, 9.17) is 4.74 Å². The summed E-state index contributed by atoms with van der Waals surface area (Å²) in [5.74, 6) is -0.587. The number of ether oxygens (including phenoxy) is 2. The first kappa shape index (κ1) is 17.5. The number of hydrogen-bond donors (Lipinski definition) is 0. The number of allylic oxidation sites excluding steroid dienone is 2. The van der Waals surface area contributed by atoms with E-state index in [1.807, 2.05) is 6.08 Å². The Kier molecular flexibility index (Phi) is 6.19. The van der Waals surface area contributed by atoms with Crippen LogP contribution in [-0.2, 0) is 19.1 Å². The van der Waals surface area contributed by atoms with Crippen molar-refractivity contribution in [3.8, 4) is 0 Å². The van der Waals surface area contributed by atoms with Crippen molar-refractivity contribution >= 4 is 11.9 Å². The number of rotatable bonds is 5. The Morgan fingerprint density at radius 2 is 2.00 bits per heavy atom. The van der Waals surface area contributed by atoms with Crippen LogP contribution in [0.1, 0.15) is 46.0 Å². The van der Waals surface area contributed by atoms with E-state index in [0.29, 0.717) is 17.9 Å². The van der Waals surface area contributed by atoms with E-state index < -0.39 is 11.9 Å². The highest BCUT2D eigenvalue weighted by atomic mass is 16.5. The van der Waals surface area contributed by atoms with Crippen LogP contribution in [0.15, 0.2) is 23.8 Å². The standard InChI is InChI=1S/C17H26O4/c1-12-7-6-10-17(2,3)14(12)9-8-13(16(19)21-5)11-15(18)20-4/h8,14H,1,6-7,9-11H2,2-5H3/b13-8+/t14-/m0/s1. The van der Waals surface area contributed by atoms with E-state index in [9.17, 15) is 9.59 Å². The van der Waals surface area contributed by atoms with Gasteiger partial charge in [-0.2, -0.15) is 0 Å². The molecule has 118 valence electrons. The van der Waals surface area contributed by atoms with Gasteiger partial charge in [-0.3, -0.25) is 4.79 Å². The average Bonchev–Trinajstić information content (AvgIpc) is 2.43. The minimum atomic E-state index is -0.473. The summed E-state index contributed by atoms with van der Waals surface area (Å²) in [6.45, 7) is 8.63. The summed E-state index contributed by atoms with van der Waals surface area (Å²) in [4.78, 5) is 23.2. The summed E-state index contributed by atoms with van der Waals surface area (Å²) in [6.07, 6.45) is 5.81. The lowest BCUT2D eigenvalue weighted by Gasteiger charge is -2.40. The Morgan fingerprint density at radius 1 is 1.33 bits per heavy atom. The topological polar surface area (TPSA) is 52.6 Å². The van der Waals surface area contributed by atoms with E-state index in [1.54, 1.807) is 0 Å². The molecule has 4 heteroatoms. The van der Waals surface area contributed by atoms with Gasteiger partial charge in [0, 0.05) is 5.57 Å².